The second-order valence-corrected chi connectivity index (χ2v) is 5.67. The zero-order chi connectivity index (χ0) is 15.3. The first kappa shape index (κ1) is 17.1. The average molecular weight is 348 g/mol. The molecule has 0 heterocycles. The number of carbonyl (C=O) groups is 1. The number of hydrogen-bond donors (Lipinski definition) is 1. The Balaban J connectivity index is 2.85. The van der Waals surface area contributed by atoms with E-state index in [9.17, 15) is 13.6 Å². The van der Waals surface area contributed by atoms with Crippen molar-refractivity contribution in [1.29, 1.82) is 0 Å². The van der Waals surface area contributed by atoms with Gasteiger partial charge in [-0.15, -0.1) is 0 Å². The summed E-state index contributed by atoms with van der Waals surface area (Å²) in [6.07, 6.45) is 1.81. The molecule has 1 N–H and O–H groups in total. The average Bonchev–Trinajstić information content (AvgIpc) is 2.44. The fourth-order valence-electron chi connectivity index (χ4n) is 1.93. The smallest absolute Gasteiger partial charge is 0.254 e. The van der Waals surface area contributed by atoms with Gasteiger partial charge >= 0.3 is 0 Å². The Labute approximate surface area is 127 Å². The van der Waals surface area contributed by atoms with Crippen LogP contribution in [0.2, 0.25) is 0 Å². The van der Waals surface area contributed by atoms with E-state index < -0.39 is 17.5 Å². The van der Waals surface area contributed by atoms with E-state index in [0.717, 1.165) is 24.2 Å². The van der Waals surface area contributed by atoms with Gasteiger partial charge in [0.2, 0.25) is 0 Å². The molecule has 0 aliphatic carbocycles. The number of nitrogens with one attached hydrogen (secondary N) is 1. The fraction of sp³-hybridized carbons (Fsp3) is 0.533. The lowest BCUT2D eigenvalue weighted by Gasteiger charge is -2.29. The van der Waals surface area contributed by atoms with Gasteiger partial charge in [0.15, 0.2) is 0 Å². The summed E-state index contributed by atoms with van der Waals surface area (Å²) in [5.74, 6) is -1.98. The molecule has 5 heteroatoms. The van der Waals surface area contributed by atoms with Gasteiger partial charge in [-0.3, -0.25) is 4.79 Å². The minimum Gasteiger partial charge on any atom is -0.351 e. The van der Waals surface area contributed by atoms with Crippen LogP contribution in [0.15, 0.2) is 12.1 Å². The minimum absolute atomic E-state index is 0.0405. The number of benzene rings is 1. The van der Waals surface area contributed by atoms with Gasteiger partial charge in [0, 0.05) is 17.9 Å². The first-order valence-corrected chi connectivity index (χ1v) is 7.81. The predicted octanol–water partition coefficient (Wildman–Crippen LogP) is 4.20. The van der Waals surface area contributed by atoms with Crippen molar-refractivity contribution in [2.45, 2.75) is 33.6 Å². The summed E-state index contributed by atoms with van der Waals surface area (Å²) in [7, 11) is 0. The second-order valence-electron chi connectivity index (χ2n) is 5.10. The Morgan fingerprint density at radius 1 is 1.25 bits per heavy atom. The van der Waals surface area contributed by atoms with Crippen LogP contribution in [-0.2, 0) is 0 Å². The SMILES string of the molecule is CCC(CC)(CBr)CNC(=O)c1cc(C)c(F)cc1F. The highest BCUT2D eigenvalue weighted by Crippen LogP contribution is 2.28. The van der Waals surface area contributed by atoms with Crippen LogP contribution in [-0.4, -0.2) is 17.8 Å². The molecule has 1 rings (SSSR count). The van der Waals surface area contributed by atoms with Crippen molar-refractivity contribution in [3.05, 3.63) is 34.9 Å². The molecule has 0 aromatic heterocycles. The Morgan fingerprint density at radius 2 is 1.85 bits per heavy atom. The van der Waals surface area contributed by atoms with Crippen LogP contribution in [0.25, 0.3) is 0 Å². The standard InChI is InChI=1S/C15H20BrF2NO/c1-4-15(5-2,8-16)9-19-14(20)11-6-10(3)12(17)7-13(11)18/h6-7H,4-5,8-9H2,1-3H3,(H,19,20). The maximum Gasteiger partial charge on any atom is 0.254 e. The van der Waals surface area contributed by atoms with Gasteiger partial charge in [0.25, 0.3) is 5.91 Å². The van der Waals surface area contributed by atoms with E-state index in [1.807, 2.05) is 0 Å². The summed E-state index contributed by atoms with van der Waals surface area (Å²) >= 11 is 3.46. The summed E-state index contributed by atoms with van der Waals surface area (Å²) in [6, 6.07) is 2.00. The Bertz CT molecular complexity index is 479. The van der Waals surface area contributed by atoms with Crippen LogP contribution in [0.5, 0.6) is 0 Å². The Morgan fingerprint density at radius 3 is 2.35 bits per heavy atom. The van der Waals surface area contributed by atoms with Gasteiger partial charge in [-0.25, -0.2) is 8.78 Å². The number of carbonyl (C=O) groups excluding carboxylic acids is 1. The molecule has 0 bridgehead atoms. The monoisotopic (exact) mass is 347 g/mol. The number of aryl methyl sites for hydroxylation is 1. The number of alkyl halides is 1. The maximum atomic E-state index is 13.6. The molecule has 0 unspecified atom stereocenters. The zero-order valence-electron chi connectivity index (χ0n) is 12.0. The van der Waals surface area contributed by atoms with E-state index >= 15 is 0 Å². The van der Waals surface area contributed by atoms with Crippen molar-refractivity contribution in [3.63, 3.8) is 0 Å². The lowest BCUT2D eigenvalue weighted by Crippen LogP contribution is -2.38. The lowest BCUT2D eigenvalue weighted by atomic mass is 9.84. The number of hydrogen-bond acceptors (Lipinski definition) is 1. The van der Waals surface area contributed by atoms with Crippen molar-refractivity contribution in [1.82, 2.24) is 5.32 Å². The second kappa shape index (κ2) is 7.16. The topological polar surface area (TPSA) is 29.1 Å². The molecular weight excluding hydrogens is 328 g/mol. The van der Waals surface area contributed by atoms with Crippen molar-refractivity contribution >= 4 is 21.8 Å². The highest BCUT2D eigenvalue weighted by molar-refractivity contribution is 9.09. The predicted molar refractivity (Wildman–Crippen MR) is 80.2 cm³/mol. The third kappa shape index (κ3) is 3.78. The molecule has 2 nitrogen and oxygen atoms in total. The molecule has 0 saturated heterocycles. The van der Waals surface area contributed by atoms with Gasteiger partial charge in [-0.2, -0.15) is 0 Å². The van der Waals surface area contributed by atoms with Gasteiger partial charge < -0.3 is 5.32 Å². The van der Waals surface area contributed by atoms with Crippen LogP contribution in [0.4, 0.5) is 8.78 Å². The highest BCUT2D eigenvalue weighted by Gasteiger charge is 2.26. The first-order valence-electron chi connectivity index (χ1n) is 6.69. The molecule has 1 aromatic rings. The third-order valence-electron chi connectivity index (χ3n) is 3.90. The van der Waals surface area contributed by atoms with E-state index in [1.165, 1.54) is 13.0 Å². The van der Waals surface area contributed by atoms with Crippen LogP contribution in [0.3, 0.4) is 0 Å². The summed E-state index contributed by atoms with van der Waals surface area (Å²) in [5, 5.41) is 3.51. The molecule has 0 fully saturated rings. The summed E-state index contributed by atoms with van der Waals surface area (Å²) in [6.45, 7) is 6.07. The van der Waals surface area contributed by atoms with E-state index in [4.69, 9.17) is 0 Å². The Kier molecular flexibility index (Phi) is 6.11. The zero-order valence-corrected chi connectivity index (χ0v) is 13.6. The first-order chi connectivity index (χ1) is 9.39. The lowest BCUT2D eigenvalue weighted by molar-refractivity contribution is 0.0928. The molecule has 0 aliphatic rings. The molecule has 1 amide bonds. The van der Waals surface area contributed by atoms with E-state index in [0.29, 0.717) is 6.54 Å². The summed E-state index contributed by atoms with van der Waals surface area (Å²) in [4.78, 5) is 12.0. The van der Waals surface area contributed by atoms with Crippen molar-refractivity contribution < 1.29 is 13.6 Å². The van der Waals surface area contributed by atoms with Gasteiger partial charge in [-0.1, -0.05) is 29.8 Å². The molecule has 0 radical (unpaired) electrons. The molecular formula is C15H20BrF2NO. The normalized spacial score (nSPS) is 11.5. The van der Waals surface area contributed by atoms with Gasteiger partial charge in [0.05, 0.1) is 5.56 Å². The molecule has 0 aliphatic heterocycles. The molecule has 112 valence electrons. The van der Waals surface area contributed by atoms with Crippen molar-refractivity contribution in [2.75, 3.05) is 11.9 Å². The molecule has 1 aromatic carbocycles. The van der Waals surface area contributed by atoms with Crippen LogP contribution < -0.4 is 5.32 Å². The third-order valence-corrected chi connectivity index (χ3v) is 5.09. The van der Waals surface area contributed by atoms with E-state index in [1.54, 1.807) is 0 Å². The van der Waals surface area contributed by atoms with E-state index in [-0.39, 0.29) is 16.5 Å². The molecule has 0 saturated carbocycles. The Hall–Kier alpha value is -0.970. The maximum absolute atomic E-state index is 13.6. The molecule has 0 spiro atoms. The number of amides is 1. The minimum atomic E-state index is -0.831. The highest BCUT2D eigenvalue weighted by atomic mass is 79.9. The quantitative estimate of drug-likeness (QED) is 0.767. The summed E-state index contributed by atoms with van der Waals surface area (Å²) in [5.41, 5.74) is 0.107. The van der Waals surface area contributed by atoms with E-state index in [2.05, 4.69) is 35.1 Å². The van der Waals surface area contributed by atoms with Gasteiger partial charge in [-0.05, 0) is 36.8 Å². The van der Waals surface area contributed by atoms with Crippen molar-refractivity contribution in [3.8, 4) is 0 Å². The number of halogens is 3. The van der Waals surface area contributed by atoms with Crippen LogP contribution in [0.1, 0.15) is 42.6 Å². The molecule has 20 heavy (non-hydrogen) atoms. The van der Waals surface area contributed by atoms with Gasteiger partial charge in [0.1, 0.15) is 11.6 Å². The fourth-order valence-corrected chi connectivity index (χ4v) is 2.92. The largest absolute Gasteiger partial charge is 0.351 e. The summed E-state index contributed by atoms with van der Waals surface area (Å²) < 4.78 is 26.8. The van der Waals surface area contributed by atoms with Crippen LogP contribution >= 0.6 is 15.9 Å². The van der Waals surface area contributed by atoms with Crippen LogP contribution in [0, 0.1) is 24.0 Å². The number of rotatable bonds is 6. The molecule has 0 atom stereocenters. The van der Waals surface area contributed by atoms with Crippen molar-refractivity contribution in [2.24, 2.45) is 5.41 Å².